The van der Waals surface area contributed by atoms with E-state index in [1.54, 1.807) is 4.72 Å². The summed E-state index contributed by atoms with van der Waals surface area (Å²) in [7, 11) is -4.39. The molecule has 1 rings (SSSR count). The summed E-state index contributed by atoms with van der Waals surface area (Å²) >= 11 is 5.91. The fourth-order valence-electron chi connectivity index (χ4n) is 1.22. The smallest absolute Gasteiger partial charge is 0.322 e. The van der Waals surface area contributed by atoms with Crippen molar-refractivity contribution in [2.75, 3.05) is 0 Å². The molecule has 13 heteroatoms. The minimum atomic E-state index is -4.39. The second-order valence-electron chi connectivity index (χ2n) is 3.66. The average Bonchev–Trinajstić information content (AvgIpc) is 2.70. The van der Waals surface area contributed by atoms with Crippen LogP contribution in [0.1, 0.15) is 6.42 Å². The topological polar surface area (TPSA) is 170 Å². The second kappa shape index (κ2) is 6.34. The van der Waals surface area contributed by atoms with Crippen LogP contribution in [0.15, 0.2) is 10.3 Å². The zero-order valence-electron chi connectivity index (χ0n) is 9.98. The number of thiophene rings is 1. The molecular formula is C8H8ClN3O7S2. The molecule has 0 aliphatic rings. The molecule has 1 amide bonds. The molecule has 4 N–H and O–H groups in total. The van der Waals surface area contributed by atoms with Crippen LogP contribution >= 0.6 is 22.9 Å². The number of rotatable bonds is 7. The molecule has 0 fully saturated rings. The number of carbonyl (C=O) groups is 2. The number of aliphatic carboxylic acids is 1. The molecule has 0 aliphatic heterocycles. The van der Waals surface area contributed by atoms with E-state index in [1.165, 1.54) is 0 Å². The van der Waals surface area contributed by atoms with Crippen molar-refractivity contribution in [3.05, 3.63) is 20.5 Å². The average molecular weight is 358 g/mol. The maximum atomic E-state index is 11.9. The highest BCUT2D eigenvalue weighted by Gasteiger charge is 2.30. The molecule has 0 saturated carbocycles. The molecule has 0 unspecified atom stereocenters. The molecule has 1 heterocycles. The van der Waals surface area contributed by atoms with Gasteiger partial charge in [-0.2, -0.15) is 4.72 Å². The summed E-state index contributed by atoms with van der Waals surface area (Å²) in [6, 6.07) is -1.09. The lowest BCUT2D eigenvalue weighted by atomic mass is 10.2. The van der Waals surface area contributed by atoms with Crippen LogP contribution in [0.5, 0.6) is 0 Å². The van der Waals surface area contributed by atoms with Crippen LogP contribution in [0.2, 0.25) is 4.34 Å². The molecule has 0 saturated heterocycles. The van der Waals surface area contributed by atoms with Crippen LogP contribution in [0.3, 0.4) is 0 Å². The fourth-order valence-corrected chi connectivity index (χ4v) is 4.09. The van der Waals surface area contributed by atoms with E-state index in [0.29, 0.717) is 17.4 Å². The van der Waals surface area contributed by atoms with Crippen molar-refractivity contribution in [2.24, 2.45) is 5.73 Å². The Bertz CT molecular complexity index is 699. The van der Waals surface area contributed by atoms with Crippen molar-refractivity contribution in [3.63, 3.8) is 0 Å². The highest BCUT2D eigenvalue weighted by Crippen LogP contribution is 2.36. The predicted octanol–water partition coefficient (Wildman–Crippen LogP) is -0.0834. The Labute approximate surface area is 126 Å². The summed E-state index contributed by atoms with van der Waals surface area (Å²) in [5.74, 6) is -2.64. The molecule has 0 aliphatic carbocycles. The molecular weight excluding hydrogens is 350 g/mol. The van der Waals surface area contributed by atoms with Crippen LogP contribution in [-0.4, -0.2) is 36.4 Å². The quantitative estimate of drug-likeness (QED) is 0.452. The van der Waals surface area contributed by atoms with Gasteiger partial charge in [-0.1, -0.05) is 11.6 Å². The number of amides is 1. The van der Waals surface area contributed by atoms with E-state index >= 15 is 0 Å². The Morgan fingerprint density at radius 1 is 1.57 bits per heavy atom. The van der Waals surface area contributed by atoms with Gasteiger partial charge in [0.1, 0.15) is 10.3 Å². The molecule has 0 aromatic carbocycles. The normalized spacial score (nSPS) is 12.8. The number of nitrogens with zero attached hydrogens (tertiary/aromatic N) is 1. The molecule has 0 bridgehead atoms. The summed E-state index contributed by atoms with van der Waals surface area (Å²) in [5, 5.41) is 19.4. The van der Waals surface area contributed by atoms with E-state index in [9.17, 15) is 28.1 Å². The number of carboxylic acids is 1. The van der Waals surface area contributed by atoms with Gasteiger partial charge in [-0.25, -0.2) is 8.42 Å². The Kier molecular flexibility index (Phi) is 5.22. The number of hydrogen-bond acceptors (Lipinski definition) is 7. The number of primary amides is 1. The maximum absolute atomic E-state index is 11.9. The van der Waals surface area contributed by atoms with Gasteiger partial charge < -0.3 is 10.8 Å². The number of nitrogens with one attached hydrogen (secondary N) is 1. The molecule has 10 nitrogen and oxygen atoms in total. The Morgan fingerprint density at radius 2 is 2.14 bits per heavy atom. The third kappa shape index (κ3) is 4.35. The number of carbonyl (C=O) groups excluding carboxylic acids is 1. The lowest BCUT2D eigenvalue weighted by molar-refractivity contribution is -0.384. The highest BCUT2D eigenvalue weighted by molar-refractivity contribution is 7.91. The van der Waals surface area contributed by atoms with E-state index in [1.807, 2.05) is 0 Å². The van der Waals surface area contributed by atoms with Crippen molar-refractivity contribution in [3.8, 4) is 0 Å². The molecule has 1 atom stereocenters. The summed E-state index contributed by atoms with van der Waals surface area (Å²) < 4.78 is 24.6. The standard InChI is InChI=1S/C8H8ClN3O7S2/c9-7-4(12(16)17)2-6(20-7)21(18,19)11-3(8(14)15)1-5(10)13/h2-3,11H,1H2,(H2,10,13)(H,14,15)/t3-/m1/s1. The number of carboxylic acid groups (broad SMARTS) is 1. The summed E-state index contributed by atoms with van der Waals surface area (Å²) in [5.41, 5.74) is 4.19. The van der Waals surface area contributed by atoms with Crippen molar-refractivity contribution in [2.45, 2.75) is 16.7 Å². The number of hydrogen-bond donors (Lipinski definition) is 3. The van der Waals surface area contributed by atoms with Gasteiger partial charge >= 0.3 is 5.97 Å². The van der Waals surface area contributed by atoms with Crippen molar-refractivity contribution in [1.82, 2.24) is 4.72 Å². The third-order valence-corrected chi connectivity index (χ3v) is 5.39. The number of nitro groups is 1. The number of nitrogens with two attached hydrogens (primary N) is 1. The molecule has 0 spiro atoms. The van der Waals surface area contributed by atoms with Crippen molar-refractivity contribution >= 4 is 50.5 Å². The lowest BCUT2D eigenvalue weighted by Gasteiger charge is -2.11. The second-order valence-corrected chi connectivity index (χ2v) is 7.26. The van der Waals surface area contributed by atoms with Gasteiger partial charge in [-0.15, -0.1) is 11.3 Å². The van der Waals surface area contributed by atoms with Crippen molar-refractivity contribution < 1.29 is 28.0 Å². The lowest BCUT2D eigenvalue weighted by Crippen LogP contribution is -2.43. The third-order valence-electron chi connectivity index (χ3n) is 2.11. The SMILES string of the molecule is NC(=O)C[C@@H](NS(=O)(=O)c1cc([N+](=O)[O-])c(Cl)s1)C(=O)O. The van der Waals surface area contributed by atoms with Crippen LogP contribution in [0.25, 0.3) is 0 Å². The highest BCUT2D eigenvalue weighted by atomic mass is 35.5. The number of sulfonamides is 1. The first kappa shape index (κ1) is 17.3. The van der Waals surface area contributed by atoms with Crippen molar-refractivity contribution in [1.29, 1.82) is 0 Å². The van der Waals surface area contributed by atoms with Gasteiger partial charge in [0.05, 0.1) is 11.3 Å². The van der Waals surface area contributed by atoms with Crippen LogP contribution in [0, 0.1) is 10.1 Å². The fraction of sp³-hybridized carbons (Fsp3) is 0.250. The van der Waals surface area contributed by atoms with E-state index in [4.69, 9.17) is 22.4 Å². The van der Waals surface area contributed by atoms with E-state index in [2.05, 4.69) is 0 Å². The zero-order valence-corrected chi connectivity index (χ0v) is 12.4. The predicted molar refractivity (Wildman–Crippen MR) is 71.5 cm³/mol. The van der Waals surface area contributed by atoms with Gasteiger partial charge in [0.15, 0.2) is 4.34 Å². The first-order valence-electron chi connectivity index (χ1n) is 5.01. The largest absolute Gasteiger partial charge is 0.480 e. The van der Waals surface area contributed by atoms with Crippen LogP contribution in [-0.2, 0) is 19.6 Å². The van der Waals surface area contributed by atoms with E-state index in [-0.39, 0.29) is 4.34 Å². The monoisotopic (exact) mass is 357 g/mol. The van der Waals surface area contributed by atoms with Crippen LogP contribution in [0.4, 0.5) is 5.69 Å². The van der Waals surface area contributed by atoms with Gasteiger partial charge in [0, 0.05) is 6.07 Å². The molecule has 21 heavy (non-hydrogen) atoms. The maximum Gasteiger partial charge on any atom is 0.322 e. The first-order valence-corrected chi connectivity index (χ1v) is 7.69. The Morgan fingerprint density at radius 3 is 2.52 bits per heavy atom. The van der Waals surface area contributed by atoms with Gasteiger partial charge in [0.25, 0.3) is 15.7 Å². The summed E-state index contributed by atoms with van der Waals surface area (Å²) in [6.45, 7) is 0. The van der Waals surface area contributed by atoms with Crippen LogP contribution < -0.4 is 10.5 Å². The van der Waals surface area contributed by atoms with Gasteiger partial charge in [0.2, 0.25) is 5.91 Å². The van der Waals surface area contributed by atoms with Gasteiger partial charge in [-0.3, -0.25) is 19.7 Å². The zero-order chi connectivity index (χ0) is 16.4. The molecule has 1 aromatic rings. The van der Waals surface area contributed by atoms with E-state index in [0.717, 1.165) is 0 Å². The number of halogens is 1. The Hall–Kier alpha value is -1.76. The summed E-state index contributed by atoms with van der Waals surface area (Å²) in [4.78, 5) is 31.3. The minimum Gasteiger partial charge on any atom is -0.480 e. The first-order chi connectivity index (χ1) is 9.54. The van der Waals surface area contributed by atoms with Gasteiger partial charge in [-0.05, 0) is 0 Å². The van der Waals surface area contributed by atoms with E-state index < -0.39 is 49.2 Å². The summed E-state index contributed by atoms with van der Waals surface area (Å²) in [6.07, 6.45) is -0.768. The Balaban J connectivity index is 3.10. The molecule has 0 radical (unpaired) electrons. The molecule has 1 aromatic heterocycles. The minimum absolute atomic E-state index is 0.373. The molecule has 116 valence electrons.